The van der Waals surface area contributed by atoms with E-state index in [9.17, 15) is 0 Å². The van der Waals surface area contributed by atoms with Crippen LogP contribution in [0.25, 0.3) is 27.1 Å². The number of rotatable bonds is 1. The Labute approximate surface area is 126 Å². The number of aryl methyl sites for hydroxylation is 3. The lowest BCUT2D eigenvalue weighted by Crippen LogP contribution is -2.00. The van der Waals surface area contributed by atoms with Crippen molar-refractivity contribution in [1.82, 2.24) is 19.5 Å². The predicted molar refractivity (Wildman–Crippen MR) is 86.3 cm³/mol. The molecule has 104 valence electrons. The first-order valence-corrected chi connectivity index (χ1v) is 7.63. The van der Waals surface area contributed by atoms with Gasteiger partial charge in [0.25, 0.3) is 0 Å². The molecule has 0 saturated heterocycles. The van der Waals surface area contributed by atoms with E-state index in [1.165, 1.54) is 10.4 Å². The average molecular weight is 294 g/mol. The van der Waals surface area contributed by atoms with Crippen LogP contribution >= 0.6 is 11.3 Å². The van der Waals surface area contributed by atoms with Crippen molar-refractivity contribution in [1.29, 1.82) is 0 Å². The van der Waals surface area contributed by atoms with Crippen molar-refractivity contribution in [3.8, 4) is 5.82 Å². The molecule has 0 N–H and O–H groups in total. The van der Waals surface area contributed by atoms with Crippen LogP contribution in [0.1, 0.15) is 16.3 Å². The number of para-hydroxylation sites is 2. The van der Waals surface area contributed by atoms with E-state index in [-0.39, 0.29) is 0 Å². The zero-order chi connectivity index (χ0) is 14.6. The maximum atomic E-state index is 4.69. The second kappa shape index (κ2) is 4.36. The van der Waals surface area contributed by atoms with Gasteiger partial charge in [-0.2, -0.15) is 0 Å². The van der Waals surface area contributed by atoms with E-state index in [2.05, 4.69) is 39.4 Å². The summed E-state index contributed by atoms with van der Waals surface area (Å²) in [6, 6.07) is 8.11. The van der Waals surface area contributed by atoms with Gasteiger partial charge in [-0.25, -0.2) is 15.0 Å². The quantitative estimate of drug-likeness (QED) is 0.534. The van der Waals surface area contributed by atoms with Gasteiger partial charge < -0.3 is 0 Å². The average Bonchev–Trinajstić information content (AvgIpc) is 3.00. The van der Waals surface area contributed by atoms with Gasteiger partial charge >= 0.3 is 0 Å². The van der Waals surface area contributed by atoms with E-state index in [1.807, 2.05) is 31.5 Å². The molecule has 3 aromatic heterocycles. The summed E-state index contributed by atoms with van der Waals surface area (Å²) in [6.07, 6.45) is 1.85. The lowest BCUT2D eigenvalue weighted by atomic mass is 10.2. The summed E-state index contributed by atoms with van der Waals surface area (Å²) in [7, 11) is 0. The van der Waals surface area contributed by atoms with Gasteiger partial charge in [0, 0.05) is 4.88 Å². The van der Waals surface area contributed by atoms with Gasteiger partial charge in [-0.3, -0.25) is 4.57 Å². The number of thiophene rings is 1. The van der Waals surface area contributed by atoms with Crippen molar-refractivity contribution >= 4 is 32.6 Å². The molecule has 0 atom stereocenters. The number of aromatic nitrogens is 4. The zero-order valence-electron chi connectivity index (χ0n) is 12.1. The Kier molecular flexibility index (Phi) is 2.59. The topological polar surface area (TPSA) is 43.6 Å². The molecule has 0 fully saturated rings. The fourth-order valence-corrected chi connectivity index (χ4v) is 3.70. The minimum Gasteiger partial charge on any atom is -0.282 e. The molecule has 0 saturated carbocycles. The van der Waals surface area contributed by atoms with Gasteiger partial charge in [-0.1, -0.05) is 12.1 Å². The Morgan fingerprint density at radius 1 is 1.05 bits per heavy atom. The van der Waals surface area contributed by atoms with E-state index in [4.69, 9.17) is 0 Å². The molecule has 0 spiro atoms. The van der Waals surface area contributed by atoms with E-state index in [0.717, 1.165) is 32.9 Å². The molecule has 4 rings (SSSR count). The largest absolute Gasteiger partial charge is 0.282 e. The minimum absolute atomic E-state index is 0.788. The number of nitrogens with zero attached hydrogens (tertiary/aromatic N) is 4. The van der Waals surface area contributed by atoms with Crippen LogP contribution in [-0.4, -0.2) is 19.5 Å². The van der Waals surface area contributed by atoms with Crippen molar-refractivity contribution in [2.45, 2.75) is 20.8 Å². The SMILES string of the molecule is Cc1nc(-n2cnc3ccccc32)c2c(C)c(C)sc2n1. The minimum atomic E-state index is 0.788. The Morgan fingerprint density at radius 3 is 2.71 bits per heavy atom. The Hall–Kier alpha value is -2.27. The highest BCUT2D eigenvalue weighted by Crippen LogP contribution is 2.33. The van der Waals surface area contributed by atoms with Gasteiger partial charge in [0.2, 0.25) is 0 Å². The molecular formula is C16H14N4S. The van der Waals surface area contributed by atoms with E-state index >= 15 is 0 Å². The highest BCUT2D eigenvalue weighted by atomic mass is 32.1. The van der Waals surface area contributed by atoms with E-state index in [0.29, 0.717) is 0 Å². The van der Waals surface area contributed by atoms with Gasteiger partial charge in [0.15, 0.2) is 5.82 Å². The molecule has 0 aliphatic heterocycles. The summed E-state index contributed by atoms with van der Waals surface area (Å²) in [5.74, 6) is 1.71. The Bertz CT molecular complexity index is 981. The number of benzene rings is 1. The second-order valence-corrected chi connectivity index (χ2v) is 6.36. The predicted octanol–water partition coefficient (Wildman–Crippen LogP) is 3.96. The smallest absolute Gasteiger partial charge is 0.151 e. The van der Waals surface area contributed by atoms with Crippen molar-refractivity contribution in [2.75, 3.05) is 0 Å². The maximum absolute atomic E-state index is 4.69. The molecule has 0 unspecified atom stereocenters. The molecule has 0 amide bonds. The molecule has 3 heterocycles. The summed E-state index contributed by atoms with van der Waals surface area (Å²) in [4.78, 5) is 16.1. The third-order valence-corrected chi connectivity index (χ3v) is 4.90. The fourth-order valence-electron chi connectivity index (χ4n) is 2.63. The first-order chi connectivity index (χ1) is 10.1. The molecular weight excluding hydrogens is 280 g/mol. The number of fused-ring (bicyclic) bond motifs is 2. The van der Waals surface area contributed by atoms with Crippen LogP contribution in [0.5, 0.6) is 0 Å². The van der Waals surface area contributed by atoms with Crippen LogP contribution in [0.3, 0.4) is 0 Å². The van der Waals surface area contributed by atoms with Crippen molar-refractivity contribution in [3.05, 3.63) is 46.9 Å². The third-order valence-electron chi connectivity index (χ3n) is 3.80. The van der Waals surface area contributed by atoms with Gasteiger partial charge in [0.1, 0.15) is 17.0 Å². The summed E-state index contributed by atoms with van der Waals surface area (Å²) >= 11 is 1.72. The molecule has 5 heteroatoms. The zero-order valence-corrected chi connectivity index (χ0v) is 12.9. The van der Waals surface area contributed by atoms with Crippen LogP contribution in [0.4, 0.5) is 0 Å². The van der Waals surface area contributed by atoms with Crippen molar-refractivity contribution in [2.24, 2.45) is 0 Å². The first-order valence-electron chi connectivity index (χ1n) is 6.82. The molecule has 0 bridgehead atoms. The Balaban J connectivity index is 2.15. The molecule has 4 aromatic rings. The molecule has 21 heavy (non-hydrogen) atoms. The first kappa shape index (κ1) is 12.5. The lowest BCUT2D eigenvalue weighted by Gasteiger charge is -2.07. The molecule has 4 nitrogen and oxygen atoms in total. The molecule has 0 radical (unpaired) electrons. The van der Waals surface area contributed by atoms with Crippen LogP contribution < -0.4 is 0 Å². The number of hydrogen-bond donors (Lipinski definition) is 0. The van der Waals surface area contributed by atoms with E-state index < -0.39 is 0 Å². The van der Waals surface area contributed by atoms with Crippen LogP contribution in [0.15, 0.2) is 30.6 Å². The summed E-state index contributed by atoms with van der Waals surface area (Å²) in [6.45, 7) is 6.20. The van der Waals surface area contributed by atoms with Gasteiger partial charge in [0.05, 0.1) is 16.4 Å². The number of imidazole rings is 1. The Morgan fingerprint density at radius 2 is 1.86 bits per heavy atom. The van der Waals surface area contributed by atoms with Crippen LogP contribution in [0.2, 0.25) is 0 Å². The monoisotopic (exact) mass is 294 g/mol. The van der Waals surface area contributed by atoms with Crippen molar-refractivity contribution < 1.29 is 0 Å². The summed E-state index contributed by atoms with van der Waals surface area (Å²) < 4.78 is 2.06. The van der Waals surface area contributed by atoms with Crippen LogP contribution in [-0.2, 0) is 0 Å². The highest BCUT2D eigenvalue weighted by Gasteiger charge is 2.16. The maximum Gasteiger partial charge on any atom is 0.151 e. The molecule has 0 aliphatic carbocycles. The third kappa shape index (κ3) is 1.77. The molecule has 1 aromatic carbocycles. The van der Waals surface area contributed by atoms with E-state index in [1.54, 1.807) is 11.3 Å². The lowest BCUT2D eigenvalue weighted by molar-refractivity contribution is 0.983. The standard InChI is InChI=1S/C16H14N4S/c1-9-10(2)21-16-14(9)15(18-11(3)19-16)20-8-17-12-6-4-5-7-13(12)20/h4-8H,1-3H3. The summed E-state index contributed by atoms with van der Waals surface area (Å²) in [5, 5.41) is 1.13. The van der Waals surface area contributed by atoms with Gasteiger partial charge in [-0.15, -0.1) is 11.3 Å². The number of hydrogen-bond acceptors (Lipinski definition) is 4. The van der Waals surface area contributed by atoms with Crippen LogP contribution in [0, 0.1) is 20.8 Å². The normalized spacial score (nSPS) is 11.6. The molecule has 0 aliphatic rings. The fraction of sp³-hybridized carbons (Fsp3) is 0.188. The highest BCUT2D eigenvalue weighted by molar-refractivity contribution is 7.18. The van der Waals surface area contributed by atoms with Gasteiger partial charge in [-0.05, 0) is 38.5 Å². The summed E-state index contributed by atoms with van der Waals surface area (Å²) in [5.41, 5.74) is 3.30. The second-order valence-electron chi connectivity index (χ2n) is 5.16. The van der Waals surface area contributed by atoms with Crippen molar-refractivity contribution in [3.63, 3.8) is 0 Å².